The zero-order valence-electron chi connectivity index (χ0n) is 9.35. The molecule has 1 aromatic rings. The van der Waals surface area contributed by atoms with Crippen molar-refractivity contribution in [1.82, 2.24) is 0 Å². The lowest BCUT2D eigenvalue weighted by molar-refractivity contribution is -0.148. The topological polar surface area (TPSA) is 66.8 Å². The van der Waals surface area contributed by atoms with E-state index in [-0.39, 0.29) is 0 Å². The van der Waals surface area contributed by atoms with Gasteiger partial charge in [0.25, 0.3) is 0 Å². The molecule has 90 valence electrons. The molecular formula is C13H14O4. The van der Waals surface area contributed by atoms with Crippen LogP contribution in [0, 0.1) is 0 Å². The molecule has 1 saturated carbocycles. The van der Waals surface area contributed by atoms with Crippen molar-refractivity contribution in [2.75, 3.05) is 6.61 Å². The third kappa shape index (κ3) is 1.52. The predicted octanol–water partition coefficient (Wildman–Crippen LogP) is 1.10. The van der Waals surface area contributed by atoms with E-state index in [0.29, 0.717) is 6.61 Å². The van der Waals surface area contributed by atoms with E-state index in [1.54, 1.807) is 0 Å². The minimum atomic E-state index is -1.30. The molecule has 1 unspecified atom stereocenters. The van der Waals surface area contributed by atoms with Crippen LogP contribution in [0.15, 0.2) is 18.2 Å². The first-order valence-corrected chi connectivity index (χ1v) is 5.80. The molecule has 0 bridgehead atoms. The molecule has 0 aromatic heterocycles. The number of rotatable bonds is 3. The number of hydrogen-bond donors (Lipinski definition) is 2. The van der Waals surface area contributed by atoms with Crippen LogP contribution in [0.3, 0.4) is 0 Å². The second-order valence-electron chi connectivity index (χ2n) is 4.82. The molecule has 4 nitrogen and oxygen atoms in total. The van der Waals surface area contributed by atoms with Gasteiger partial charge in [0, 0.05) is 11.8 Å². The van der Waals surface area contributed by atoms with Crippen molar-refractivity contribution in [3.05, 3.63) is 29.3 Å². The Balaban J connectivity index is 1.97. The van der Waals surface area contributed by atoms with Gasteiger partial charge in [0.2, 0.25) is 0 Å². The van der Waals surface area contributed by atoms with Gasteiger partial charge in [0.15, 0.2) is 6.10 Å². The monoisotopic (exact) mass is 234 g/mol. The van der Waals surface area contributed by atoms with Crippen LogP contribution in [0.25, 0.3) is 0 Å². The Morgan fingerprint density at radius 3 is 2.82 bits per heavy atom. The molecule has 1 aliphatic heterocycles. The molecule has 2 aliphatic rings. The van der Waals surface area contributed by atoms with Crippen LogP contribution in [0.1, 0.15) is 24.0 Å². The van der Waals surface area contributed by atoms with E-state index in [1.807, 2.05) is 18.2 Å². The Morgan fingerprint density at radius 2 is 2.18 bits per heavy atom. The minimum absolute atomic E-state index is 0.566. The van der Waals surface area contributed by atoms with Crippen molar-refractivity contribution in [1.29, 1.82) is 0 Å². The Morgan fingerprint density at radius 1 is 1.41 bits per heavy atom. The van der Waals surface area contributed by atoms with Crippen molar-refractivity contribution in [2.24, 2.45) is 0 Å². The second kappa shape index (κ2) is 3.47. The highest BCUT2D eigenvalue weighted by molar-refractivity contribution is 5.75. The van der Waals surface area contributed by atoms with Crippen molar-refractivity contribution < 1.29 is 19.7 Å². The number of aliphatic carboxylic acids is 1. The average molecular weight is 234 g/mol. The molecule has 3 rings (SSSR count). The summed E-state index contributed by atoms with van der Waals surface area (Å²) < 4.78 is 5.42. The number of carboxylic acids is 1. The van der Waals surface area contributed by atoms with Crippen LogP contribution >= 0.6 is 0 Å². The molecule has 0 amide bonds. The quantitative estimate of drug-likeness (QED) is 0.821. The molecule has 4 heteroatoms. The maximum absolute atomic E-state index is 10.9. The number of aliphatic hydroxyl groups excluding tert-OH is 1. The fourth-order valence-electron chi connectivity index (χ4n) is 2.59. The first kappa shape index (κ1) is 10.6. The second-order valence-corrected chi connectivity index (χ2v) is 4.82. The van der Waals surface area contributed by atoms with E-state index in [1.165, 1.54) is 0 Å². The third-order valence-electron chi connectivity index (χ3n) is 3.81. The zero-order valence-corrected chi connectivity index (χ0v) is 9.35. The standard InChI is InChI=1S/C13H14O4/c14-11(12(15)16)13(4-5-13)9-1-2-10-8(7-9)3-6-17-10/h1-2,7,11,14H,3-6H2,(H,15,16). The van der Waals surface area contributed by atoms with Gasteiger partial charge in [-0.1, -0.05) is 12.1 Å². The van der Waals surface area contributed by atoms with Gasteiger partial charge in [0.05, 0.1) is 6.61 Å². The number of carboxylic acid groups (broad SMARTS) is 1. The summed E-state index contributed by atoms with van der Waals surface area (Å²) in [6, 6.07) is 5.75. The van der Waals surface area contributed by atoms with Crippen molar-refractivity contribution in [3.63, 3.8) is 0 Å². The lowest BCUT2D eigenvalue weighted by Crippen LogP contribution is -2.33. The molecular weight excluding hydrogens is 220 g/mol. The molecule has 1 fully saturated rings. The van der Waals surface area contributed by atoms with Gasteiger partial charge in [-0.2, -0.15) is 0 Å². The van der Waals surface area contributed by atoms with Gasteiger partial charge in [-0.05, 0) is 30.0 Å². The number of carbonyl (C=O) groups is 1. The smallest absolute Gasteiger partial charge is 0.333 e. The summed E-state index contributed by atoms with van der Waals surface area (Å²) in [7, 11) is 0. The Labute approximate surface area is 98.8 Å². The summed E-state index contributed by atoms with van der Waals surface area (Å²) in [6.07, 6.45) is 1.03. The predicted molar refractivity (Wildman–Crippen MR) is 60.2 cm³/mol. The summed E-state index contributed by atoms with van der Waals surface area (Å²) in [5, 5.41) is 18.7. The van der Waals surface area contributed by atoms with E-state index in [0.717, 1.165) is 36.1 Å². The Kier molecular flexibility index (Phi) is 2.16. The van der Waals surface area contributed by atoms with Gasteiger partial charge in [-0.25, -0.2) is 4.79 Å². The maximum Gasteiger partial charge on any atom is 0.333 e. The number of benzene rings is 1. The summed E-state index contributed by atoms with van der Waals surface area (Å²) in [6.45, 7) is 0.688. The molecule has 0 saturated heterocycles. The Hall–Kier alpha value is -1.55. The van der Waals surface area contributed by atoms with E-state index >= 15 is 0 Å². The lowest BCUT2D eigenvalue weighted by Gasteiger charge is -2.19. The molecule has 2 N–H and O–H groups in total. The van der Waals surface area contributed by atoms with Gasteiger partial charge < -0.3 is 14.9 Å². The van der Waals surface area contributed by atoms with Gasteiger partial charge in [0.1, 0.15) is 5.75 Å². The molecule has 0 radical (unpaired) electrons. The summed E-state index contributed by atoms with van der Waals surface area (Å²) in [4.78, 5) is 10.9. The van der Waals surface area contributed by atoms with E-state index in [2.05, 4.69) is 0 Å². The maximum atomic E-state index is 10.9. The molecule has 1 atom stereocenters. The SMILES string of the molecule is O=C(O)C(O)C1(c2ccc3c(c2)CCO3)CC1. The van der Waals surface area contributed by atoms with Crippen molar-refractivity contribution in [2.45, 2.75) is 30.8 Å². The first-order chi connectivity index (χ1) is 8.13. The van der Waals surface area contributed by atoms with Crippen molar-refractivity contribution >= 4 is 5.97 Å². The van der Waals surface area contributed by atoms with Crippen LogP contribution < -0.4 is 4.74 Å². The van der Waals surface area contributed by atoms with Crippen LogP contribution in [-0.2, 0) is 16.6 Å². The zero-order chi connectivity index (χ0) is 12.0. The number of hydrogen-bond acceptors (Lipinski definition) is 3. The molecule has 0 spiro atoms. The molecule has 17 heavy (non-hydrogen) atoms. The Bertz CT molecular complexity index is 476. The van der Waals surface area contributed by atoms with E-state index < -0.39 is 17.5 Å². The number of aliphatic hydroxyl groups is 1. The van der Waals surface area contributed by atoms with Crippen molar-refractivity contribution in [3.8, 4) is 5.75 Å². The highest BCUT2D eigenvalue weighted by atomic mass is 16.5. The fourth-order valence-corrected chi connectivity index (χ4v) is 2.59. The average Bonchev–Trinajstić information content (AvgIpc) is 2.99. The highest BCUT2D eigenvalue weighted by Gasteiger charge is 2.53. The van der Waals surface area contributed by atoms with Crippen LogP contribution in [-0.4, -0.2) is 28.9 Å². The first-order valence-electron chi connectivity index (χ1n) is 5.80. The normalized spacial score (nSPS) is 21.5. The van der Waals surface area contributed by atoms with Gasteiger partial charge in [-0.15, -0.1) is 0 Å². The van der Waals surface area contributed by atoms with E-state index in [9.17, 15) is 9.90 Å². The lowest BCUT2D eigenvalue weighted by atomic mass is 9.88. The molecule has 1 aromatic carbocycles. The number of fused-ring (bicyclic) bond motifs is 1. The van der Waals surface area contributed by atoms with Crippen LogP contribution in [0.5, 0.6) is 5.75 Å². The third-order valence-corrected chi connectivity index (χ3v) is 3.81. The fraction of sp³-hybridized carbons (Fsp3) is 0.462. The largest absolute Gasteiger partial charge is 0.493 e. The van der Waals surface area contributed by atoms with Gasteiger partial charge in [-0.3, -0.25) is 0 Å². The summed E-state index contributed by atoms with van der Waals surface area (Å²) in [5.74, 6) is -0.256. The summed E-state index contributed by atoms with van der Waals surface area (Å²) >= 11 is 0. The number of ether oxygens (including phenoxy) is 1. The summed E-state index contributed by atoms with van der Waals surface area (Å²) in [5.41, 5.74) is 1.48. The highest BCUT2D eigenvalue weighted by Crippen LogP contribution is 2.52. The molecule has 1 aliphatic carbocycles. The van der Waals surface area contributed by atoms with Crippen LogP contribution in [0.4, 0.5) is 0 Å². The van der Waals surface area contributed by atoms with Crippen LogP contribution in [0.2, 0.25) is 0 Å². The van der Waals surface area contributed by atoms with E-state index in [4.69, 9.17) is 9.84 Å². The van der Waals surface area contributed by atoms with Gasteiger partial charge >= 0.3 is 5.97 Å². The minimum Gasteiger partial charge on any atom is -0.493 e. The molecule has 1 heterocycles.